The van der Waals surface area contributed by atoms with Crippen LogP contribution in [0.4, 0.5) is 0 Å². The number of hydrogen-bond acceptors (Lipinski definition) is 10. The second-order valence-corrected chi connectivity index (χ2v) is 11.7. The van der Waals surface area contributed by atoms with Crippen molar-refractivity contribution in [2.45, 2.75) is 25.7 Å². The van der Waals surface area contributed by atoms with Crippen LogP contribution in [0.3, 0.4) is 0 Å². The Morgan fingerprint density at radius 2 is 0.893 bits per heavy atom. The molecule has 4 N–H and O–H groups in total. The fourth-order valence-electron chi connectivity index (χ4n) is 2.04. The molecule has 0 heterocycles. The van der Waals surface area contributed by atoms with Gasteiger partial charge in [-0.05, 0) is 34.4 Å². The van der Waals surface area contributed by atoms with Gasteiger partial charge in [-0.25, -0.2) is 0 Å². The number of unbranched alkanes of at least 4 members (excludes halogenated alkanes) is 3. The first-order valence-electron chi connectivity index (χ1n) is 9.20. The van der Waals surface area contributed by atoms with Crippen LogP contribution < -0.4 is 0 Å². The van der Waals surface area contributed by atoms with E-state index in [1.807, 2.05) is 9.80 Å². The summed E-state index contributed by atoms with van der Waals surface area (Å²) in [6.07, 6.45) is 4.62. The monoisotopic (exact) mass is 508 g/mol. The lowest BCUT2D eigenvalue weighted by Gasteiger charge is -2.22. The zero-order chi connectivity index (χ0) is 21.0. The van der Waals surface area contributed by atoms with Crippen molar-refractivity contribution in [1.82, 2.24) is 9.80 Å². The minimum absolute atomic E-state index is 0.0350. The van der Waals surface area contributed by atoms with Gasteiger partial charge in [0, 0.05) is 37.7 Å². The van der Waals surface area contributed by atoms with Crippen LogP contribution in [0.2, 0.25) is 0 Å². The van der Waals surface area contributed by atoms with Crippen molar-refractivity contribution in [2.24, 2.45) is 0 Å². The SMILES string of the molecule is OCCN(CCO)C(=S)SSCCCCCCSSC(=S)N(CCO)CCO. The number of rotatable bonds is 17. The quantitative estimate of drug-likeness (QED) is 0.132. The van der Waals surface area contributed by atoms with Crippen LogP contribution in [-0.2, 0) is 0 Å². The largest absolute Gasteiger partial charge is 0.395 e. The van der Waals surface area contributed by atoms with Gasteiger partial charge < -0.3 is 30.2 Å². The molecule has 0 fully saturated rings. The van der Waals surface area contributed by atoms with E-state index >= 15 is 0 Å². The molecule has 0 aliphatic carbocycles. The highest BCUT2D eigenvalue weighted by atomic mass is 33.1. The summed E-state index contributed by atoms with van der Waals surface area (Å²) in [5, 5.41) is 36.1. The number of aliphatic hydroxyl groups excluding tert-OH is 4. The average Bonchev–Trinajstić information content (AvgIpc) is 2.68. The first kappa shape index (κ1) is 29.0. The maximum Gasteiger partial charge on any atom is 0.147 e. The van der Waals surface area contributed by atoms with Crippen LogP contribution in [0.15, 0.2) is 0 Å². The minimum Gasteiger partial charge on any atom is -0.395 e. The van der Waals surface area contributed by atoms with Gasteiger partial charge in [0.1, 0.15) is 8.64 Å². The van der Waals surface area contributed by atoms with Crippen molar-refractivity contribution < 1.29 is 20.4 Å². The Balaban J connectivity index is 3.61. The Labute approximate surface area is 195 Å². The Kier molecular flexibility index (Phi) is 22.0. The second kappa shape index (κ2) is 21.3. The highest BCUT2D eigenvalue weighted by molar-refractivity contribution is 8.84. The number of aliphatic hydroxyl groups is 4. The Morgan fingerprint density at radius 1 is 0.571 bits per heavy atom. The van der Waals surface area contributed by atoms with Crippen LogP contribution in [0.25, 0.3) is 0 Å². The summed E-state index contributed by atoms with van der Waals surface area (Å²) in [5.74, 6) is 2.06. The van der Waals surface area contributed by atoms with Gasteiger partial charge in [0.15, 0.2) is 0 Å². The second-order valence-electron chi connectivity index (χ2n) is 5.63. The van der Waals surface area contributed by atoms with E-state index in [0.29, 0.717) is 34.8 Å². The molecule has 6 nitrogen and oxygen atoms in total. The maximum absolute atomic E-state index is 9.02. The molecule has 0 rings (SSSR count). The molecule has 0 saturated heterocycles. The molecule has 0 amide bonds. The summed E-state index contributed by atoms with van der Waals surface area (Å²) in [6, 6.07) is 0. The molecule has 0 radical (unpaired) electrons. The van der Waals surface area contributed by atoms with Crippen molar-refractivity contribution in [2.75, 3.05) is 64.1 Å². The van der Waals surface area contributed by atoms with Gasteiger partial charge in [-0.2, -0.15) is 0 Å². The molecule has 0 spiro atoms. The fourth-order valence-corrected chi connectivity index (χ4v) is 7.30. The van der Waals surface area contributed by atoms with Crippen LogP contribution in [0.1, 0.15) is 25.7 Å². The molecule has 0 aromatic rings. The normalized spacial score (nSPS) is 10.9. The lowest BCUT2D eigenvalue weighted by molar-refractivity contribution is 0.215. The summed E-state index contributed by atoms with van der Waals surface area (Å²) in [4.78, 5) is 3.66. The molecule has 166 valence electrons. The predicted molar refractivity (Wildman–Crippen MR) is 135 cm³/mol. The number of nitrogens with zero attached hydrogens (tertiary/aromatic N) is 2. The lowest BCUT2D eigenvalue weighted by Crippen LogP contribution is -2.32. The smallest absolute Gasteiger partial charge is 0.147 e. The van der Waals surface area contributed by atoms with Crippen molar-refractivity contribution in [3.63, 3.8) is 0 Å². The molecule has 0 saturated carbocycles. The van der Waals surface area contributed by atoms with Gasteiger partial charge in [0.05, 0.1) is 26.4 Å². The average molecular weight is 509 g/mol. The summed E-state index contributed by atoms with van der Waals surface area (Å²) in [6.45, 7) is 1.99. The summed E-state index contributed by atoms with van der Waals surface area (Å²) in [7, 11) is 6.53. The Bertz CT molecular complexity index is 361. The van der Waals surface area contributed by atoms with Gasteiger partial charge in [0.2, 0.25) is 0 Å². The first-order chi connectivity index (χ1) is 13.6. The van der Waals surface area contributed by atoms with Crippen molar-refractivity contribution in [3.8, 4) is 0 Å². The molecular weight excluding hydrogens is 477 g/mol. The molecule has 0 atom stereocenters. The highest BCUT2D eigenvalue weighted by Gasteiger charge is 2.10. The number of hydrogen-bond donors (Lipinski definition) is 4. The molecule has 28 heavy (non-hydrogen) atoms. The third-order valence-electron chi connectivity index (χ3n) is 3.46. The van der Waals surface area contributed by atoms with Crippen LogP contribution in [0, 0.1) is 0 Å². The van der Waals surface area contributed by atoms with Crippen molar-refractivity contribution in [3.05, 3.63) is 0 Å². The van der Waals surface area contributed by atoms with Crippen LogP contribution in [0.5, 0.6) is 0 Å². The Morgan fingerprint density at radius 3 is 1.18 bits per heavy atom. The van der Waals surface area contributed by atoms with E-state index in [0.717, 1.165) is 24.3 Å². The van der Waals surface area contributed by atoms with E-state index in [1.54, 1.807) is 21.6 Å². The molecule has 12 heteroatoms. The van der Waals surface area contributed by atoms with Crippen molar-refractivity contribution in [1.29, 1.82) is 0 Å². The highest BCUT2D eigenvalue weighted by Crippen LogP contribution is 2.28. The van der Waals surface area contributed by atoms with E-state index < -0.39 is 0 Å². The third-order valence-corrected chi connectivity index (χ3v) is 9.71. The van der Waals surface area contributed by atoms with Crippen LogP contribution >= 0.6 is 67.6 Å². The van der Waals surface area contributed by atoms with Gasteiger partial charge in [-0.3, -0.25) is 0 Å². The topological polar surface area (TPSA) is 87.4 Å². The standard InChI is InChI=1S/C16H32N2O4S6/c19-9-5-17(6-10-20)15(23)27-25-13-3-1-2-4-14-26-28-16(24)18(7-11-21)8-12-22/h19-22H,1-14H2. The van der Waals surface area contributed by atoms with Gasteiger partial charge >= 0.3 is 0 Å². The Hall–Kier alpha value is 1.02. The van der Waals surface area contributed by atoms with E-state index in [9.17, 15) is 0 Å². The van der Waals surface area contributed by atoms with E-state index in [-0.39, 0.29) is 26.4 Å². The fraction of sp³-hybridized carbons (Fsp3) is 0.875. The van der Waals surface area contributed by atoms with E-state index in [4.69, 9.17) is 44.9 Å². The minimum atomic E-state index is 0.0350. The van der Waals surface area contributed by atoms with Crippen molar-refractivity contribution >= 4 is 76.3 Å². The van der Waals surface area contributed by atoms with E-state index in [2.05, 4.69) is 0 Å². The van der Waals surface area contributed by atoms with Gasteiger partial charge in [-0.15, -0.1) is 0 Å². The predicted octanol–water partition coefficient (Wildman–Crippen LogP) is 2.45. The molecule has 0 aromatic carbocycles. The molecule has 0 aromatic heterocycles. The zero-order valence-corrected chi connectivity index (χ0v) is 20.9. The molecule has 0 aliphatic heterocycles. The summed E-state index contributed by atoms with van der Waals surface area (Å²) in [5.41, 5.74) is 0. The summed E-state index contributed by atoms with van der Waals surface area (Å²) < 4.78 is 1.43. The molecule has 0 unspecified atom stereocenters. The van der Waals surface area contributed by atoms with Gasteiger partial charge in [-0.1, -0.05) is 58.9 Å². The molecule has 0 aliphatic rings. The van der Waals surface area contributed by atoms with E-state index in [1.165, 1.54) is 34.4 Å². The summed E-state index contributed by atoms with van der Waals surface area (Å²) >= 11 is 10.7. The third kappa shape index (κ3) is 15.8. The van der Waals surface area contributed by atoms with Crippen LogP contribution in [-0.4, -0.2) is 103 Å². The zero-order valence-electron chi connectivity index (χ0n) is 16.0. The van der Waals surface area contributed by atoms with Gasteiger partial charge in [0.25, 0.3) is 0 Å². The first-order valence-corrected chi connectivity index (χ1v) is 14.7. The molecular formula is C16H32N2O4S6. The molecule has 0 bridgehead atoms. The lowest BCUT2D eigenvalue weighted by atomic mass is 10.2. The maximum atomic E-state index is 9.02. The number of thiocarbonyl (C=S) groups is 2.